The van der Waals surface area contributed by atoms with Crippen LogP contribution in [0.1, 0.15) is 81.1 Å². The van der Waals surface area contributed by atoms with Gasteiger partial charge < -0.3 is 15.2 Å². The predicted molar refractivity (Wildman–Crippen MR) is 102 cm³/mol. The van der Waals surface area contributed by atoms with Crippen molar-refractivity contribution >= 4 is 11.9 Å². The lowest BCUT2D eigenvalue weighted by Crippen LogP contribution is -2.42. The first-order valence-electron chi connectivity index (χ1n) is 9.31. The molecule has 0 atom stereocenters. The van der Waals surface area contributed by atoms with Gasteiger partial charge in [0, 0.05) is 18.6 Å². The average Bonchev–Trinajstić information content (AvgIpc) is 2.34. The Hall–Kier alpha value is -1.10. The number of aliphatic carboxylic acids is 1. The van der Waals surface area contributed by atoms with Gasteiger partial charge in [0.1, 0.15) is 0 Å². The third-order valence-corrected chi connectivity index (χ3v) is 4.37. The highest BCUT2D eigenvalue weighted by Gasteiger charge is 2.36. The van der Waals surface area contributed by atoms with Gasteiger partial charge in [-0.1, -0.05) is 41.5 Å². The smallest absolute Gasteiger partial charge is 0.303 e. The Bertz CT molecular complexity index is 439. The van der Waals surface area contributed by atoms with E-state index in [4.69, 9.17) is 9.84 Å². The summed E-state index contributed by atoms with van der Waals surface area (Å²) in [6, 6.07) is 0. The van der Waals surface area contributed by atoms with Crippen molar-refractivity contribution < 1.29 is 19.4 Å². The zero-order chi connectivity index (χ0) is 19.9. The van der Waals surface area contributed by atoms with Crippen LogP contribution in [-0.2, 0) is 14.3 Å². The summed E-state index contributed by atoms with van der Waals surface area (Å²) in [6.07, 6.45) is 2.35. The van der Waals surface area contributed by atoms with Crippen molar-refractivity contribution in [2.24, 2.45) is 16.7 Å². The van der Waals surface area contributed by atoms with Crippen LogP contribution >= 0.6 is 0 Å². The van der Waals surface area contributed by atoms with Gasteiger partial charge in [0.2, 0.25) is 5.91 Å². The van der Waals surface area contributed by atoms with Crippen molar-refractivity contribution in [1.29, 1.82) is 0 Å². The van der Waals surface area contributed by atoms with Gasteiger partial charge in [0.15, 0.2) is 0 Å². The topological polar surface area (TPSA) is 75.6 Å². The minimum Gasteiger partial charge on any atom is -0.481 e. The van der Waals surface area contributed by atoms with E-state index in [9.17, 15) is 9.59 Å². The molecule has 1 amide bonds. The summed E-state index contributed by atoms with van der Waals surface area (Å²) in [5.41, 5.74) is -1.30. The number of nitrogens with one attached hydrogen (secondary N) is 1. The number of rotatable bonds is 12. The molecular formula is C20H39NO4. The largest absolute Gasteiger partial charge is 0.481 e. The molecule has 0 aromatic rings. The molecule has 0 saturated carbocycles. The predicted octanol–water partition coefficient (Wildman–Crippen LogP) is 4.25. The molecule has 25 heavy (non-hydrogen) atoms. The third kappa shape index (κ3) is 11.2. The molecule has 5 heteroatoms. The Morgan fingerprint density at radius 1 is 1.08 bits per heavy atom. The molecule has 0 fully saturated rings. The first-order valence-corrected chi connectivity index (χ1v) is 9.31. The van der Waals surface area contributed by atoms with Gasteiger partial charge in [-0.05, 0) is 44.4 Å². The SMILES string of the molecule is CC(C)CCOC(C)(C)CCNC(=O)C(C)(C)CC(C)(C)CC(=O)O. The summed E-state index contributed by atoms with van der Waals surface area (Å²) < 4.78 is 5.92. The van der Waals surface area contributed by atoms with Crippen LogP contribution in [-0.4, -0.2) is 35.7 Å². The van der Waals surface area contributed by atoms with Gasteiger partial charge in [0.05, 0.1) is 12.0 Å². The molecule has 0 saturated heterocycles. The first-order chi connectivity index (χ1) is 11.2. The number of carboxylic acid groups (broad SMARTS) is 1. The van der Waals surface area contributed by atoms with E-state index in [1.165, 1.54) is 0 Å². The molecule has 0 aliphatic heterocycles. The van der Waals surface area contributed by atoms with E-state index in [1.807, 2.05) is 41.5 Å². The molecule has 0 spiro atoms. The van der Waals surface area contributed by atoms with E-state index in [0.29, 0.717) is 18.9 Å². The summed E-state index contributed by atoms with van der Waals surface area (Å²) in [7, 11) is 0. The molecule has 0 unspecified atom stereocenters. The monoisotopic (exact) mass is 357 g/mol. The Balaban J connectivity index is 4.41. The van der Waals surface area contributed by atoms with E-state index in [1.54, 1.807) is 0 Å². The third-order valence-electron chi connectivity index (χ3n) is 4.37. The number of hydrogen-bond acceptors (Lipinski definition) is 3. The van der Waals surface area contributed by atoms with Gasteiger partial charge in [-0.25, -0.2) is 0 Å². The molecule has 148 valence electrons. The van der Waals surface area contributed by atoms with E-state index in [0.717, 1.165) is 19.4 Å². The molecular weight excluding hydrogens is 318 g/mol. The number of amides is 1. The van der Waals surface area contributed by atoms with Crippen LogP contribution in [0, 0.1) is 16.7 Å². The fourth-order valence-electron chi connectivity index (χ4n) is 3.11. The molecule has 0 bridgehead atoms. The van der Waals surface area contributed by atoms with E-state index in [-0.39, 0.29) is 17.9 Å². The fraction of sp³-hybridized carbons (Fsp3) is 0.900. The van der Waals surface area contributed by atoms with Crippen LogP contribution in [0.5, 0.6) is 0 Å². The molecule has 0 heterocycles. The first kappa shape index (κ1) is 23.9. The van der Waals surface area contributed by atoms with Crippen LogP contribution in [0.3, 0.4) is 0 Å². The second-order valence-corrected chi connectivity index (χ2v) is 9.59. The van der Waals surface area contributed by atoms with Crippen molar-refractivity contribution in [3.8, 4) is 0 Å². The maximum atomic E-state index is 12.5. The number of carbonyl (C=O) groups excluding carboxylic acids is 1. The highest BCUT2D eigenvalue weighted by molar-refractivity contribution is 5.82. The van der Waals surface area contributed by atoms with E-state index in [2.05, 4.69) is 19.2 Å². The van der Waals surface area contributed by atoms with Crippen molar-refractivity contribution in [3.63, 3.8) is 0 Å². The van der Waals surface area contributed by atoms with Crippen molar-refractivity contribution in [2.75, 3.05) is 13.2 Å². The minimum atomic E-state index is -0.832. The molecule has 0 aliphatic carbocycles. The molecule has 0 aliphatic rings. The molecule has 2 N–H and O–H groups in total. The van der Waals surface area contributed by atoms with Crippen LogP contribution in [0.25, 0.3) is 0 Å². The lowest BCUT2D eigenvalue weighted by Gasteiger charge is -2.33. The summed E-state index contributed by atoms with van der Waals surface area (Å²) in [5, 5.41) is 12.0. The van der Waals surface area contributed by atoms with Gasteiger partial charge in [-0.2, -0.15) is 0 Å². The summed E-state index contributed by atoms with van der Waals surface area (Å²) >= 11 is 0. The summed E-state index contributed by atoms with van der Waals surface area (Å²) in [4.78, 5) is 23.5. The van der Waals surface area contributed by atoms with Crippen LogP contribution in [0.2, 0.25) is 0 Å². The zero-order valence-electron chi connectivity index (χ0n) is 17.5. The van der Waals surface area contributed by atoms with Gasteiger partial charge >= 0.3 is 5.97 Å². The second kappa shape index (κ2) is 9.56. The van der Waals surface area contributed by atoms with Crippen LogP contribution in [0.15, 0.2) is 0 Å². The standard InChI is InChI=1S/C20H39NO4/c1-15(2)9-12-25-20(7,8)10-11-21-17(24)19(5,6)14-18(3,4)13-16(22)23/h15H,9-14H2,1-8H3,(H,21,24)(H,22,23). The van der Waals surface area contributed by atoms with Crippen LogP contribution in [0.4, 0.5) is 0 Å². The maximum absolute atomic E-state index is 12.5. The van der Waals surface area contributed by atoms with Crippen LogP contribution < -0.4 is 5.32 Å². The summed E-state index contributed by atoms with van der Waals surface area (Å²) in [5.74, 6) is -0.254. The van der Waals surface area contributed by atoms with Crippen molar-refractivity contribution in [3.05, 3.63) is 0 Å². The number of carbonyl (C=O) groups is 2. The molecule has 0 rings (SSSR count). The number of carboxylic acids is 1. The van der Waals surface area contributed by atoms with Gasteiger partial charge in [-0.15, -0.1) is 0 Å². The zero-order valence-corrected chi connectivity index (χ0v) is 17.5. The molecule has 0 aromatic carbocycles. The highest BCUT2D eigenvalue weighted by atomic mass is 16.5. The number of ether oxygens (including phenoxy) is 1. The molecule has 0 radical (unpaired) electrons. The maximum Gasteiger partial charge on any atom is 0.303 e. The fourth-order valence-corrected chi connectivity index (χ4v) is 3.11. The highest BCUT2D eigenvalue weighted by Crippen LogP contribution is 2.36. The number of hydrogen-bond donors (Lipinski definition) is 2. The summed E-state index contributed by atoms with van der Waals surface area (Å²) in [6.45, 7) is 17.2. The quantitative estimate of drug-likeness (QED) is 0.547. The van der Waals surface area contributed by atoms with E-state index < -0.39 is 16.8 Å². The average molecular weight is 358 g/mol. The molecule has 5 nitrogen and oxygen atoms in total. The normalized spacial score (nSPS) is 13.2. The van der Waals surface area contributed by atoms with Crippen molar-refractivity contribution in [1.82, 2.24) is 5.32 Å². The van der Waals surface area contributed by atoms with Gasteiger partial charge in [-0.3, -0.25) is 9.59 Å². The Morgan fingerprint density at radius 2 is 1.64 bits per heavy atom. The van der Waals surface area contributed by atoms with Crippen molar-refractivity contribution in [2.45, 2.75) is 86.7 Å². The minimum absolute atomic E-state index is 0.0380. The molecule has 0 aromatic heterocycles. The van der Waals surface area contributed by atoms with E-state index >= 15 is 0 Å². The van der Waals surface area contributed by atoms with Gasteiger partial charge in [0.25, 0.3) is 0 Å². The Kier molecular flexibility index (Phi) is 9.14. The Labute approximate surface area is 153 Å². The second-order valence-electron chi connectivity index (χ2n) is 9.59. The Morgan fingerprint density at radius 3 is 2.12 bits per heavy atom. The lowest BCUT2D eigenvalue weighted by atomic mass is 9.73. The lowest BCUT2D eigenvalue weighted by molar-refractivity contribution is -0.141.